The van der Waals surface area contributed by atoms with Crippen molar-refractivity contribution in [3.63, 3.8) is 0 Å². The Hall–Kier alpha value is -2.66. The molecule has 31 heavy (non-hydrogen) atoms. The van der Waals surface area contributed by atoms with E-state index in [0.717, 1.165) is 63.2 Å². The van der Waals surface area contributed by atoms with Gasteiger partial charge in [-0.3, -0.25) is 9.69 Å². The average Bonchev–Trinajstić information content (AvgIpc) is 3.48. The summed E-state index contributed by atoms with van der Waals surface area (Å²) in [6.07, 6.45) is 10.3. The van der Waals surface area contributed by atoms with E-state index in [1.54, 1.807) is 0 Å². The number of carbonyl (C=O) groups excluding carboxylic acids is 1. The number of fused-ring (bicyclic) bond motifs is 1. The molecule has 1 aromatic carbocycles. The van der Waals surface area contributed by atoms with Crippen molar-refractivity contribution in [1.29, 1.82) is 0 Å². The topological polar surface area (TPSA) is 40.9 Å². The Kier molecular flexibility index (Phi) is 6.03. The van der Waals surface area contributed by atoms with E-state index >= 15 is 0 Å². The lowest BCUT2D eigenvalue weighted by Crippen LogP contribution is -2.40. The molecule has 2 aromatic heterocycles. The minimum absolute atomic E-state index is 0.106. The molecule has 2 saturated heterocycles. The number of piperidine rings is 1. The van der Waals surface area contributed by atoms with Crippen molar-refractivity contribution in [2.45, 2.75) is 57.5 Å². The Morgan fingerprint density at radius 2 is 1.71 bits per heavy atom. The molecule has 162 valence electrons. The van der Waals surface area contributed by atoms with E-state index in [1.807, 2.05) is 23.1 Å². The van der Waals surface area contributed by atoms with Crippen molar-refractivity contribution in [1.82, 2.24) is 19.2 Å². The van der Waals surface area contributed by atoms with Crippen LogP contribution in [0.4, 0.5) is 0 Å². The monoisotopic (exact) mass is 416 g/mol. The molecule has 2 aliphatic rings. The van der Waals surface area contributed by atoms with Gasteiger partial charge in [0, 0.05) is 31.9 Å². The third-order valence-corrected chi connectivity index (χ3v) is 6.94. The number of hydrogen-bond donors (Lipinski definition) is 0. The van der Waals surface area contributed by atoms with Gasteiger partial charge < -0.3 is 9.30 Å². The zero-order valence-electron chi connectivity index (χ0n) is 18.2. The Morgan fingerprint density at radius 3 is 2.55 bits per heavy atom. The molecule has 4 heterocycles. The third-order valence-electron chi connectivity index (χ3n) is 6.94. The summed E-state index contributed by atoms with van der Waals surface area (Å²) in [5, 5.41) is 0. The summed E-state index contributed by atoms with van der Waals surface area (Å²) in [7, 11) is 0. The van der Waals surface area contributed by atoms with Crippen molar-refractivity contribution < 1.29 is 4.79 Å². The Bertz CT molecular complexity index is 1020. The number of pyridine rings is 1. The number of hydrogen-bond acceptors (Lipinski definition) is 3. The standard InChI is InChI=1S/C26H32N4O/c31-26(28-16-8-9-17-28)25-23(30-19-7-5-13-24(30)27-25)20-29-18-6-4-12-22(29)15-14-21-10-2-1-3-11-21/h1-3,5,7,10-11,13,19,22H,4,6,8-9,12,14-18,20H2. The second kappa shape index (κ2) is 9.23. The second-order valence-electron chi connectivity index (χ2n) is 8.98. The molecule has 2 aliphatic heterocycles. The molecule has 0 spiro atoms. The fourth-order valence-corrected chi connectivity index (χ4v) is 5.20. The van der Waals surface area contributed by atoms with E-state index in [-0.39, 0.29) is 5.91 Å². The first-order chi connectivity index (χ1) is 15.3. The van der Waals surface area contributed by atoms with Gasteiger partial charge in [0.05, 0.1) is 5.69 Å². The summed E-state index contributed by atoms with van der Waals surface area (Å²) in [6, 6.07) is 17.4. The van der Waals surface area contributed by atoms with Crippen molar-refractivity contribution in [2.75, 3.05) is 19.6 Å². The summed E-state index contributed by atoms with van der Waals surface area (Å²) in [5.41, 5.74) is 3.99. The van der Waals surface area contributed by atoms with Gasteiger partial charge in [0.2, 0.25) is 0 Å². The van der Waals surface area contributed by atoms with Crippen LogP contribution in [-0.2, 0) is 13.0 Å². The summed E-state index contributed by atoms with van der Waals surface area (Å²) in [5.74, 6) is 0.106. The Balaban J connectivity index is 1.39. The predicted molar refractivity (Wildman–Crippen MR) is 123 cm³/mol. The van der Waals surface area contributed by atoms with Crippen molar-refractivity contribution in [3.8, 4) is 0 Å². The minimum atomic E-state index is 0.106. The third kappa shape index (κ3) is 4.38. The molecule has 0 bridgehead atoms. The summed E-state index contributed by atoms with van der Waals surface area (Å²) >= 11 is 0. The normalized spacial score (nSPS) is 19.9. The second-order valence-corrected chi connectivity index (χ2v) is 8.98. The molecular weight excluding hydrogens is 384 g/mol. The van der Waals surface area contributed by atoms with E-state index in [0.29, 0.717) is 11.7 Å². The quantitative estimate of drug-likeness (QED) is 0.592. The largest absolute Gasteiger partial charge is 0.337 e. The number of aromatic nitrogens is 2. The number of nitrogens with zero attached hydrogens (tertiary/aromatic N) is 4. The lowest BCUT2D eigenvalue weighted by Gasteiger charge is -2.36. The molecule has 0 saturated carbocycles. The first kappa shape index (κ1) is 20.3. The number of benzene rings is 1. The van der Waals surface area contributed by atoms with E-state index in [4.69, 9.17) is 4.98 Å². The van der Waals surface area contributed by atoms with Gasteiger partial charge in [0.15, 0.2) is 5.69 Å². The van der Waals surface area contributed by atoms with Crippen LogP contribution in [-0.4, -0.2) is 50.8 Å². The maximum absolute atomic E-state index is 13.3. The molecule has 1 unspecified atom stereocenters. The first-order valence-corrected chi connectivity index (χ1v) is 11.8. The van der Waals surface area contributed by atoms with Crippen LogP contribution in [0.15, 0.2) is 54.7 Å². The van der Waals surface area contributed by atoms with Gasteiger partial charge in [-0.25, -0.2) is 4.98 Å². The van der Waals surface area contributed by atoms with Crippen LogP contribution >= 0.6 is 0 Å². The van der Waals surface area contributed by atoms with Gasteiger partial charge in [-0.15, -0.1) is 0 Å². The molecule has 0 N–H and O–H groups in total. The van der Waals surface area contributed by atoms with Crippen LogP contribution in [0.25, 0.3) is 5.65 Å². The zero-order valence-corrected chi connectivity index (χ0v) is 18.2. The summed E-state index contributed by atoms with van der Waals surface area (Å²) in [6.45, 7) is 3.60. The fourth-order valence-electron chi connectivity index (χ4n) is 5.20. The van der Waals surface area contributed by atoms with Crippen molar-refractivity contribution in [3.05, 3.63) is 71.7 Å². The smallest absolute Gasteiger partial charge is 0.274 e. The van der Waals surface area contributed by atoms with Crippen LogP contribution in [0, 0.1) is 0 Å². The molecule has 1 atom stereocenters. The average molecular weight is 417 g/mol. The predicted octanol–water partition coefficient (Wildman–Crippen LogP) is 4.56. The molecule has 5 nitrogen and oxygen atoms in total. The van der Waals surface area contributed by atoms with Gasteiger partial charge in [-0.1, -0.05) is 42.8 Å². The molecular formula is C26H32N4O. The number of likely N-dealkylation sites (tertiary alicyclic amines) is 2. The zero-order chi connectivity index (χ0) is 21.0. The number of aryl methyl sites for hydroxylation is 1. The summed E-state index contributed by atoms with van der Waals surface area (Å²) < 4.78 is 2.13. The SMILES string of the molecule is O=C(c1nc2ccccn2c1CN1CCCCC1CCc1ccccc1)N1CCCC1. The Morgan fingerprint density at radius 1 is 0.935 bits per heavy atom. The van der Waals surface area contributed by atoms with Gasteiger partial charge in [-0.2, -0.15) is 0 Å². The summed E-state index contributed by atoms with van der Waals surface area (Å²) in [4.78, 5) is 22.7. The minimum Gasteiger partial charge on any atom is -0.337 e. The molecule has 5 heteroatoms. The van der Waals surface area contributed by atoms with Crippen molar-refractivity contribution >= 4 is 11.6 Å². The molecule has 0 aliphatic carbocycles. The van der Waals surface area contributed by atoms with Gasteiger partial charge in [0.1, 0.15) is 5.65 Å². The van der Waals surface area contributed by atoms with Crippen LogP contribution in [0.2, 0.25) is 0 Å². The van der Waals surface area contributed by atoms with Crippen LogP contribution in [0.1, 0.15) is 60.3 Å². The molecule has 1 amide bonds. The van der Waals surface area contributed by atoms with Gasteiger partial charge in [-0.05, 0) is 62.8 Å². The Labute approximate surface area is 184 Å². The molecule has 2 fully saturated rings. The number of amides is 1. The van der Waals surface area contributed by atoms with E-state index < -0.39 is 0 Å². The molecule has 3 aromatic rings. The van der Waals surface area contributed by atoms with Crippen LogP contribution in [0.3, 0.4) is 0 Å². The lowest BCUT2D eigenvalue weighted by molar-refractivity contribution is 0.0781. The first-order valence-electron chi connectivity index (χ1n) is 11.8. The number of rotatable bonds is 6. The highest BCUT2D eigenvalue weighted by atomic mass is 16.2. The number of imidazole rings is 1. The fraction of sp³-hybridized carbons (Fsp3) is 0.462. The highest BCUT2D eigenvalue weighted by Gasteiger charge is 2.29. The van der Waals surface area contributed by atoms with Gasteiger partial charge in [0.25, 0.3) is 5.91 Å². The maximum atomic E-state index is 13.3. The lowest BCUT2D eigenvalue weighted by atomic mass is 9.95. The van der Waals surface area contributed by atoms with Crippen molar-refractivity contribution in [2.24, 2.45) is 0 Å². The van der Waals surface area contributed by atoms with E-state index in [2.05, 4.69) is 45.8 Å². The molecule has 5 rings (SSSR count). The van der Waals surface area contributed by atoms with Crippen LogP contribution in [0.5, 0.6) is 0 Å². The van der Waals surface area contributed by atoms with E-state index in [1.165, 1.54) is 24.8 Å². The highest BCUT2D eigenvalue weighted by molar-refractivity contribution is 5.94. The molecule has 0 radical (unpaired) electrons. The maximum Gasteiger partial charge on any atom is 0.274 e. The van der Waals surface area contributed by atoms with E-state index in [9.17, 15) is 4.79 Å². The van der Waals surface area contributed by atoms with Crippen LogP contribution < -0.4 is 0 Å². The highest BCUT2D eigenvalue weighted by Crippen LogP contribution is 2.26. The number of carbonyl (C=O) groups is 1. The van der Waals surface area contributed by atoms with Gasteiger partial charge >= 0.3 is 0 Å².